The van der Waals surface area contributed by atoms with Gasteiger partial charge in [-0.2, -0.15) is 0 Å². The van der Waals surface area contributed by atoms with Gasteiger partial charge in [0, 0.05) is 5.41 Å². The summed E-state index contributed by atoms with van der Waals surface area (Å²) in [7, 11) is 0. The molecule has 17 N–H and O–H groups in total. The van der Waals surface area contributed by atoms with Crippen LogP contribution in [0, 0.1) is 45.3 Å². The van der Waals surface area contributed by atoms with Crippen LogP contribution in [0.2, 0.25) is 0 Å². The monoisotopic (exact) mass is 1270 g/mol. The first kappa shape index (κ1) is 71.0. The third kappa shape index (κ3) is 13.0. The molecule has 0 amide bonds. The Morgan fingerprint density at radius 1 is 0.523 bits per heavy atom. The molecular weight excluding hydrogens is 1160 g/mol. The zero-order valence-corrected chi connectivity index (χ0v) is 52.1. The summed E-state index contributed by atoms with van der Waals surface area (Å²) in [5.74, 6) is 0.897. The van der Waals surface area contributed by atoms with Crippen molar-refractivity contribution in [2.45, 2.75) is 298 Å². The molecule has 34 atom stereocenters. The molecule has 27 heteroatoms. The smallest absolute Gasteiger partial charge is 0.187 e. The van der Waals surface area contributed by atoms with E-state index in [1.165, 1.54) is 5.57 Å². The minimum Gasteiger partial charge on any atom is -0.394 e. The first-order valence-electron chi connectivity index (χ1n) is 31.8. The molecule has 0 aromatic heterocycles. The highest BCUT2D eigenvalue weighted by atomic mass is 16.8. The van der Waals surface area contributed by atoms with E-state index in [-0.39, 0.29) is 46.8 Å². The van der Waals surface area contributed by atoms with Crippen molar-refractivity contribution in [3.05, 3.63) is 11.6 Å². The zero-order valence-electron chi connectivity index (χ0n) is 52.1. The fourth-order valence-electron chi connectivity index (χ4n) is 17.2. The molecule has 9 rings (SSSR count). The van der Waals surface area contributed by atoms with Crippen LogP contribution in [0.1, 0.15) is 127 Å². The van der Waals surface area contributed by atoms with Gasteiger partial charge in [0.25, 0.3) is 0 Å². The highest BCUT2D eigenvalue weighted by Gasteiger charge is 2.68. The third-order valence-corrected chi connectivity index (χ3v) is 23.0. The fraction of sp³-hybridized carbons (Fsp3) is 0.967. The maximum atomic E-state index is 11.9. The van der Waals surface area contributed by atoms with Crippen LogP contribution >= 0.6 is 0 Å². The molecule has 88 heavy (non-hydrogen) atoms. The Balaban J connectivity index is 0.871. The Kier molecular flexibility index (Phi) is 22.1. The predicted octanol–water partition coefficient (Wildman–Crippen LogP) is -2.96. The number of hydrogen-bond acceptors (Lipinski definition) is 27. The van der Waals surface area contributed by atoms with E-state index >= 15 is 0 Å². The fourth-order valence-corrected chi connectivity index (χ4v) is 17.2. The average Bonchev–Trinajstić information content (AvgIpc) is 1.33. The van der Waals surface area contributed by atoms with Crippen molar-refractivity contribution in [1.29, 1.82) is 0 Å². The van der Waals surface area contributed by atoms with Crippen LogP contribution in [-0.4, -0.2) is 285 Å². The Labute approximate surface area is 514 Å². The summed E-state index contributed by atoms with van der Waals surface area (Å²) in [5, 5.41) is 183. The van der Waals surface area contributed by atoms with Gasteiger partial charge < -0.3 is 134 Å². The first-order chi connectivity index (χ1) is 41.2. The van der Waals surface area contributed by atoms with Crippen LogP contribution < -0.4 is 0 Å². The van der Waals surface area contributed by atoms with E-state index in [0.717, 1.165) is 38.5 Å². The van der Waals surface area contributed by atoms with Crippen molar-refractivity contribution in [3.63, 3.8) is 0 Å². The third-order valence-electron chi connectivity index (χ3n) is 23.0. The number of aliphatic hydroxyl groups excluding tert-OH is 16. The SMILES string of the molecule is CC[C@@H]1O[C@H](O[C@H]2[C@H](O[C@H](CC[C@@H](C)C3CC[C@@]4(C)C5CC=C6C(CC[C@H](O[C@@H]7O[C@H](CO[C@@H]8O[C@H](CO)[C@@H](O)[C@H](O)[C@H]8O)[C@@H](O)[C@H](O)[C@H]7O)C6(C)C)[C@]5(C)CC[C@]34C)C(C)(C)O)O[C@H](CO[C@@H]3O[C@H](CO)[C@@H](O)[C@H](O)[C@H]3O)[C@@H](O)[C@@H]2O)[C@@H](O)[C@H](O)[C@H]1O. The number of ether oxygens (including phenoxy) is 10. The summed E-state index contributed by atoms with van der Waals surface area (Å²) in [5.41, 5.74) is -1.11. The maximum Gasteiger partial charge on any atom is 0.187 e. The van der Waals surface area contributed by atoms with E-state index in [1.807, 2.05) is 0 Å². The molecule has 0 aromatic rings. The van der Waals surface area contributed by atoms with Gasteiger partial charge in [-0.15, -0.1) is 0 Å². The summed E-state index contributed by atoms with van der Waals surface area (Å²) >= 11 is 0. The lowest BCUT2D eigenvalue weighted by atomic mass is 9.39. The van der Waals surface area contributed by atoms with Crippen LogP contribution in [0.3, 0.4) is 0 Å². The van der Waals surface area contributed by atoms with E-state index in [0.29, 0.717) is 18.8 Å². The molecule has 0 spiro atoms. The van der Waals surface area contributed by atoms with E-state index in [1.54, 1.807) is 20.8 Å². The molecule has 5 aliphatic heterocycles. The molecule has 3 unspecified atom stereocenters. The highest BCUT2D eigenvalue weighted by Crippen LogP contribution is 2.75. The van der Waals surface area contributed by atoms with Gasteiger partial charge in [-0.3, -0.25) is 0 Å². The zero-order chi connectivity index (χ0) is 64.7. The first-order valence-corrected chi connectivity index (χ1v) is 31.8. The summed E-state index contributed by atoms with van der Waals surface area (Å²) in [6.45, 7) is 16.1. The van der Waals surface area contributed by atoms with Crippen LogP contribution in [0.25, 0.3) is 0 Å². The van der Waals surface area contributed by atoms with E-state index in [9.17, 15) is 86.8 Å². The van der Waals surface area contributed by atoms with Crippen molar-refractivity contribution >= 4 is 0 Å². The Hall–Kier alpha value is -1.34. The molecule has 0 radical (unpaired) electrons. The van der Waals surface area contributed by atoms with Crippen LogP contribution in [0.5, 0.6) is 0 Å². The highest BCUT2D eigenvalue weighted by molar-refractivity contribution is 5.30. The van der Waals surface area contributed by atoms with Gasteiger partial charge in [-0.25, -0.2) is 0 Å². The van der Waals surface area contributed by atoms with Gasteiger partial charge in [0.05, 0.1) is 50.3 Å². The predicted molar refractivity (Wildman–Crippen MR) is 302 cm³/mol. The van der Waals surface area contributed by atoms with E-state index in [2.05, 4.69) is 47.6 Å². The summed E-state index contributed by atoms with van der Waals surface area (Å²) in [6, 6.07) is 0. The Bertz CT molecular complexity index is 2310. The lowest BCUT2D eigenvalue weighted by Crippen LogP contribution is -2.65. The summed E-state index contributed by atoms with van der Waals surface area (Å²) in [6.07, 6.45) is -31.6. The quantitative estimate of drug-likeness (QED) is 0.0542. The van der Waals surface area contributed by atoms with Gasteiger partial charge in [0.2, 0.25) is 0 Å². The number of fused-ring (bicyclic) bond motifs is 5. The normalized spacial score (nSPS) is 51.4. The minimum absolute atomic E-state index is 0.0787. The van der Waals surface area contributed by atoms with Crippen molar-refractivity contribution in [3.8, 4) is 0 Å². The van der Waals surface area contributed by atoms with Crippen molar-refractivity contribution in [2.75, 3.05) is 26.4 Å². The molecule has 9 aliphatic rings. The molecular formula is C61H104O27. The molecule has 4 aliphatic carbocycles. The second-order valence-corrected chi connectivity index (χ2v) is 28.9. The minimum atomic E-state index is -1.87. The van der Waals surface area contributed by atoms with Gasteiger partial charge in [-0.1, -0.05) is 60.1 Å². The van der Waals surface area contributed by atoms with Gasteiger partial charge in [0.15, 0.2) is 31.5 Å². The molecule has 510 valence electrons. The molecule has 0 aromatic carbocycles. The standard InChI is InChI=1S/C61H104O27/c1-10-29-37(64)42(69)50(77)55(81-29)88-51-46(73)41(68)33(24-80-53-48(75)44(71)39(66)31(22-63)83-53)85-56(51)87-36(58(5,6)78)15-11-25(2)26-17-18-61(9)34-14-12-27-28(59(34,7)19-20-60(26,61)8)13-16-35(57(27,3)4)86-54-49(76)45(72)40(67)32(84-54)23-79-52-47(74)43(70)38(65)30(21-62)82-52/h12,25-26,28-56,62-78H,10-11,13-24H2,1-9H3/t25-,26?,28?,29+,30-,31-,32-,33-,34?,35+,36-,37+,38-,39-,40-,41-,42-,43+,44+,45+,46+,47-,48-,49-,50+,51-,52-,53-,54+,55-,56+,59+,60-,61+/m1/s1. The second kappa shape index (κ2) is 27.4. The van der Waals surface area contributed by atoms with E-state index < -0.39 is 203 Å². The molecule has 3 saturated carbocycles. The molecule has 27 nitrogen and oxygen atoms in total. The topological polar surface area (TPSA) is 436 Å². The van der Waals surface area contributed by atoms with Crippen molar-refractivity contribution < 1.29 is 134 Å². The van der Waals surface area contributed by atoms with Crippen LogP contribution in [0.15, 0.2) is 11.6 Å². The number of aliphatic hydroxyl groups is 17. The number of allylic oxidation sites excluding steroid dienone is 1. The van der Waals surface area contributed by atoms with Crippen molar-refractivity contribution in [1.82, 2.24) is 0 Å². The molecule has 8 fully saturated rings. The van der Waals surface area contributed by atoms with Crippen LogP contribution in [0.4, 0.5) is 0 Å². The lowest BCUT2D eigenvalue weighted by molar-refractivity contribution is -0.379. The lowest BCUT2D eigenvalue weighted by Gasteiger charge is -2.66. The van der Waals surface area contributed by atoms with Gasteiger partial charge >= 0.3 is 0 Å². The Morgan fingerprint density at radius 3 is 1.51 bits per heavy atom. The molecule has 0 bridgehead atoms. The largest absolute Gasteiger partial charge is 0.394 e. The van der Waals surface area contributed by atoms with Crippen LogP contribution in [-0.2, 0) is 47.4 Å². The van der Waals surface area contributed by atoms with Gasteiger partial charge in [0.1, 0.15) is 116 Å². The Morgan fingerprint density at radius 2 is 0.989 bits per heavy atom. The van der Waals surface area contributed by atoms with Gasteiger partial charge in [-0.05, 0) is 118 Å². The maximum absolute atomic E-state index is 11.9. The summed E-state index contributed by atoms with van der Waals surface area (Å²) < 4.78 is 60.0. The van der Waals surface area contributed by atoms with E-state index in [4.69, 9.17) is 47.4 Å². The number of hydrogen-bond donors (Lipinski definition) is 17. The van der Waals surface area contributed by atoms with Crippen molar-refractivity contribution in [2.24, 2.45) is 45.3 Å². The second-order valence-electron chi connectivity index (χ2n) is 28.9. The summed E-state index contributed by atoms with van der Waals surface area (Å²) in [4.78, 5) is 0. The number of rotatable bonds is 20. The molecule has 5 saturated heterocycles. The molecule has 5 heterocycles. The average molecular weight is 1270 g/mol.